The summed E-state index contributed by atoms with van der Waals surface area (Å²) in [6.07, 6.45) is 5.19. The van der Waals surface area contributed by atoms with Gasteiger partial charge in [0.2, 0.25) is 0 Å². The molecular weight excluding hydrogens is 432 g/mol. The van der Waals surface area contributed by atoms with Gasteiger partial charge in [-0.2, -0.15) is 0 Å². The van der Waals surface area contributed by atoms with E-state index in [0.29, 0.717) is 13.1 Å². The van der Waals surface area contributed by atoms with Crippen LogP contribution in [0, 0.1) is 0 Å². The Labute approximate surface area is 193 Å². The van der Waals surface area contributed by atoms with Gasteiger partial charge in [0.25, 0.3) is 5.91 Å². The first-order chi connectivity index (χ1) is 15.5. The highest BCUT2D eigenvalue weighted by atomic mass is 16.6. The largest absolute Gasteiger partial charge is 0.483 e. The van der Waals surface area contributed by atoms with Crippen LogP contribution in [0.15, 0.2) is 18.2 Å². The lowest BCUT2D eigenvalue weighted by Gasteiger charge is -2.19. The van der Waals surface area contributed by atoms with Crippen LogP contribution in [-0.2, 0) is 9.53 Å². The van der Waals surface area contributed by atoms with E-state index in [0.717, 1.165) is 44.6 Å². The standard InChI is InChI=1S/C23H34N2O8/c1-23(2,3)33-22(31)25-14-9-7-5-4-6-8-13-24-18(26)15-32-17-12-10-11-16(20(27)28)19(17)21(29)30/h10-12H,4-9,13-15H2,1-3H3,(H,24,26)(H,25,31)(H,27,28)(H,29,30). The van der Waals surface area contributed by atoms with Crippen LogP contribution in [0.2, 0.25) is 0 Å². The second-order valence-corrected chi connectivity index (χ2v) is 8.48. The Kier molecular flexibility index (Phi) is 11.7. The fourth-order valence-corrected chi connectivity index (χ4v) is 2.93. The van der Waals surface area contributed by atoms with E-state index in [1.54, 1.807) is 0 Å². The number of carbonyl (C=O) groups is 4. The van der Waals surface area contributed by atoms with Crippen molar-refractivity contribution in [2.45, 2.75) is 64.9 Å². The Balaban J connectivity index is 2.15. The molecule has 1 aromatic rings. The fraction of sp³-hybridized carbons (Fsp3) is 0.565. The summed E-state index contributed by atoms with van der Waals surface area (Å²) in [7, 11) is 0. The molecule has 4 N–H and O–H groups in total. The number of carboxylic acid groups (broad SMARTS) is 2. The van der Waals surface area contributed by atoms with E-state index in [1.807, 2.05) is 20.8 Å². The van der Waals surface area contributed by atoms with Crippen molar-refractivity contribution in [3.05, 3.63) is 29.3 Å². The van der Waals surface area contributed by atoms with E-state index < -0.39 is 47.3 Å². The molecule has 1 aromatic carbocycles. The summed E-state index contributed by atoms with van der Waals surface area (Å²) in [5.74, 6) is -3.41. The SMILES string of the molecule is CC(C)(C)OC(=O)NCCCCCCCCNC(=O)COc1cccc(C(=O)O)c1C(=O)O. The minimum Gasteiger partial charge on any atom is -0.483 e. The summed E-state index contributed by atoms with van der Waals surface area (Å²) >= 11 is 0. The Morgan fingerprint density at radius 1 is 0.848 bits per heavy atom. The van der Waals surface area contributed by atoms with Gasteiger partial charge in [-0.25, -0.2) is 14.4 Å². The predicted octanol–water partition coefficient (Wildman–Crippen LogP) is 3.44. The van der Waals surface area contributed by atoms with E-state index in [1.165, 1.54) is 12.1 Å². The van der Waals surface area contributed by atoms with Gasteiger partial charge in [-0.3, -0.25) is 4.79 Å². The molecule has 0 spiro atoms. The molecule has 2 amide bonds. The molecule has 10 nitrogen and oxygen atoms in total. The monoisotopic (exact) mass is 466 g/mol. The van der Waals surface area contributed by atoms with E-state index in [4.69, 9.17) is 14.6 Å². The van der Waals surface area contributed by atoms with E-state index in [-0.39, 0.29) is 5.75 Å². The third-order valence-electron chi connectivity index (χ3n) is 4.42. The van der Waals surface area contributed by atoms with Gasteiger partial charge >= 0.3 is 18.0 Å². The predicted molar refractivity (Wildman–Crippen MR) is 121 cm³/mol. The van der Waals surface area contributed by atoms with Crippen LogP contribution in [-0.4, -0.2) is 59.4 Å². The van der Waals surface area contributed by atoms with Crippen LogP contribution in [0.3, 0.4) is 0 Å². The fourth-order valence-electron chi connectivity index (χ4n) is 2.93. The van der Waals surface area contributed by atoms with Crippen molar-refractivity contribution in [3.63, 3.8) is 0 Å². The summed E-state index contributed by atoms with van der Waals surface area (Å²) in [6.45, 7) is 6.08. The zero-order chi connectivity index (χ0) is 24.9. The number of unbranched alkanes of at least 4 members (excludes halogenated alkanes) is 5. The second kappa shape index (κ2) is 14.0. The molecule has 0 saturated carbocycles. The van der Waals surface area contributed by atoms with Crippen LogP contribution in [0.1, 0.15) is 80.0 Å². The molecule has 0 radical (unpaired) electrons. The first-order valence-electron chi connectivity index (χ1n) is 11.0. The third-order valence-corrected chi connectivity index (χ3v) is 4.42. The molecule has 0 saturated heterocycles. The number of alkyl carbamates (subject to hydrolysis) is 1. The number of amides is 2. The maximum atomic E-state index is 11.9. The third kappa shape index (κ3) is 11.8. The van der Waals surface area contributed by atoms with Crippen LogP contribution in [0.4, 0.5) is 4.79 Å². The molecule has 0 aliphatic rings. The molecule has 0 aliphatic carbocycles. The van der Waals surface area contributed by atoms with Crippen molar-refractivity contribution in [3.8, 4) is 5.75 Å². The summed E-state index contributed by atoms with van der Waals surface area (Å²) in [5, 5.41) is 23.8. The Morgan fingerprint density at radius 2 is 1.42 bits per heavy atom. The molecule has 0 aliphatic heterocycles. The Bertz CT molecular complexity index is 817. The number of hydrogen-bond donors (Lipinski definition) is 4. The van der Waals surface area contributed by atoms with Crippen molar-refractivity contribution in [2.24, 2.45) is 0 Å². The van der Waals surface area contributed by atoms with E-state index in [9.17, 15) is 24.3 Å². The number of benzene rings is 1. The van der Waals surface area contributed by atoms with E-state index >= 15 is 0 Å². The van der Waals surface area contributed by atoms with Crippen molar-refractivity contribution in [1.82, 2.24) is 10.6 Å². The van der Waals surface area contributed by atoms with Gasteiger partial charge in [-0.15, -0.1) is 0 Å². The Morgan fingerprint density at radius 3 is 1.97 bits per heavy atom. The number of hydrogen-bond acceptors (Lipinski definition) is 6. The Hall–Kier alpha value is -3.30. The second-order valence-electron chi connectivity index (χ2n) is 8.48. The molecular formula is C23H34N2O8. The topological polar surface area (TPSA) is 151 Å². The number of ether oxygens (including phenoxy) is 2. The minimum absolute atomic E-state index is 0.168. The average Bonchev–Trinajstić information content (AvgIpc) is 2.71. The van der Waals surface area contributed by atoms with Crippen LogP contribution >= 0.6 is 0 Å². The maximum Gasteiger partial charge on any atom is 0.407 e. The van der Waals surface area contributed by atoms with Crippen molar-refractivity contribution >= 4 is 23.9 Å². The first kappa shape index (κ1) is 27.7. The number of carbonyl (C=O) groups excluding carboxylic acids is 2. The molecule has 33 heavy (non-hydrogen) atoms. The number of carboxylic acids is 2. The first-order valence-corrected chi connectivity index (χ1v) is 11.0. The average molecular weight is 467 g/mol. The zero-order valence-electron chi connectivity index (χ0n) is 19.4. The molecule has 0 fully saturated rings. The van der Waals surface area contributed by atoms with Crippen LogP contribution in [0.5, 0.6) is 5.75 Å². The highest BCUT2D eigenvalue weighted by Crippen LogP contribution is 2.22. The van der Waals surface area contributed by atoms with Gasteiger partial charge in [-0.05, 0) is 45.7 Å². The molecule has 184 valence electrons. The van der Waals surface area contributed by atoms with Crippen molar-refractivity contribution in [2.75, 3.05) is 19.7 Å². The molecule has 0 atom stereocenters. The number of nitrogens with one attached hydrogen (secondary N) is 2. The lowest BCUT2D eigenvalue weighted by atomic mass is 10.1. The van der Waals surface area contributed by atoms with Gasteiger partial charge in [0.1, 0.15) is 16.9 Å². The maximum absolute atomic E-state index is 11.9. The summed E-state index contributed by atoms with van der Waals surface area (Å²) in [4.78, 5) is 46.0. The molecule has 10 heteroatoms. The zero-order valence-corrected chi connectivity index (χ0v) is 19.4. The molecule has 0 bridgehead atoms. The smallest absolute Gasteiger partial charge is 0.407 e. The molecule has 0 unspecified atom stereocenters. The normalized spacial score (nSPS) is 10.9. The molecule has 0 aromatic heterocycles. The van der Waals surface area contributed by atoms with Gasteiger partial charge < -0.3 is 30.3 Å². The summed E-state index contributed by atoms with van der Waals surface area (Å²) < 4.78 is 10.4. The minimum atomic E-state index is -1.44. The van der Waals surface area contributed by atoms with E-state index in [2.05, 4.69) is 10.6 Å². The lowest BCUT2D eigenvalue weighted by Crippen LogP contribution is -2.32. The van der Waals surface area contributed by atoms with Crippen molar-refractivity contribution < 1.29 is 38.9 Å². The van der Waals surface area contributed by atoms with Crippen molar-refractivity contribution in [1.29, 1.82) is 0 Å². The lowest BCUT2D eigenvalue weighted by molar-refractivity contribution is -0.123. The highest BCUT2D eigenvalue weighted by molar-refractivity contribution is 6.03. The quantitative estimate of drug-likeness (QED) is 0.304. The summed E-state index contributed by atoms with van der Waals surface area (Å²) in [5.41, 5.74) is -1.39. The van der Waals surface area contributed by atoms with Gasteiger partial charge in [0, 0.05) is 13.1 Å². The van der Waals surface area contributed by atoms with Gasteiger partial charge in [-0.1, -0.05) is 31.7 Å². The molecule has 0 heterocycles. The van der Waals surface area contributed by atoms with Gasteiger partial charge in [0.15, 0.2) is 6.61 Å². The highest BCUT2D eigenvalue weighted by Gasteiger charge is 2.21. The van der Waals surface area contributed by atoms with Gasteiger partial charge in [0.05, 0.1) is 5.56 Å². The van der Waals surface area contributed by atoms with Crippen LogP contribution in [0.25, 0.3) is 0 Å². The number of aromatic carboxylic acids is 2. The van der Waals surface area contributed by atoms with Crippen LogP contribution < -0.4 is 15.4 Å². The summed E-state index contributed by atoms with van der Waals surface area (Å²) in [6, 6.07) is 3.83. The number of rotatable bonds is 14. The molecule has 1 rings (SSSR count).